The number of nitrogens with one attached hydrogen (secondary N) is 1. The van der Waals surface area contributed by atoms with Gasteiger partial charge in [0, 0.05) is 23.3 Å². The molecule has 1 atom stereocenters. The van der Waals surface area contributed by atoms with Crippen LogP contribution in [0.3, 0.4) is 0 Å². The van der Waals surface area contributed by atoms with Gasteiger partial charge < -0.3 is 5.32 Å². The van der Waals surface area contributed by atoms with Crippen LogP contribution in [-0.4, -0.2) is 16.3 Å². The normalized spacial score (nSPS) is 12.6. The average molecular weight is 350 g/mol. The molecule has 0 saturated carbocycles. The van der Waals surface area contributed by atoms with Crippen LogP contribution in [0.15, 0.2) is 35.1 Å². The predicted octanol–water partition coefficient (Wildman–Crippen LogP) is 4.26. The van der Waals surface area contributed by atoms with Gasteiger partial charge in [0.1, 0.15) is 0 Å². The lowest BCUT2D eigenvalue weighted by atomic mass is 9.99. The van der Waals surface area contributed by atoms with Crippen molar-refractivity contribution in [2.75, 3.05) is 6.54 Å². The molecule has 0 amide bonds. The topological polar surface area (TPSA) is 29.9 Å². The van der Waals surface area contributed by atoms with Gasteiger partial charge >= 0.3 is 0 Å². The molecule has 0 aliphatic heterocycles. The van der Waals surface area contributed by atoms with E-state index in [1.165, 1.54) is 21.2 Å². The third-order valence-electron chi connectivity index (χ3n) is 3.68. The molecular weight excluding hydrogens is 326 g/mol. The first-order chi connectivity index (χ1) is 10.1. The molecule has 0 radical (unpaired) electrons. The van der Waals surface area contributed by atoms with Gasteiger partial charge in [-0.15, -0.1) is 0 Å². The van der Waals surface area contributed by atoms with Gasteiger partial charge in [-0.25, -0.2) is 0 Å². The van der Waals surface area contributed by atoms with Crippen LogP contribution in [0.5, 0.6) is 0 Å². The van der Waals surface area contributed by atoms with Crippen molar-refractivity contribution in [3.05, 3.63) is 51.8 Å². The number of rotatable bonds is 7. The molecule has 2 aromatic rings. The fraction of sp³-hybridized carbons (Fsp3) is 0.471. The summed E-state index contributed by atoms with van der Waals surface area (Å²) in [5, 5.41) is 8.03. The summed E-state index contributed by atoms with van der Waals surface area (Å²) in [6.07, 6.45) is 6.24. The van der Waals surface area contributed by atoms with Crippen molar-refractivity contribution in [3.8, 4) is 0 Å². The van der Waals surface area contributed by atoms with Gasteiger partial charge in [0.25, 0.3) is 0 Å². The molecule has 1 unspecified atom stereocenters. The van der Waals surface area contributed by atoms with Crippen molar-refractivity contribution >= 4 is 15.9 Å². The van der Waals surface area contributed by atoms with E-state index in [4.69, 9.17) is 0 Å². The molecule has 1 aromatic carbocycles. The summed E-state index contributed by atoms with van der Waals surface area (Å²) in [5.74, 6) is 0. The largest absolute Gasteiger partial charge is 0.310 e. The number of halogens is 1. The van der Waals surface area contributed by atoms with E-state index in [9.17, 15) is 0 Å². The maximum absolute atomic E-state index is 4.37. The van der Waals surface area contributed by atoms with Crippen molar-refractivity contribution in [1.29, 1.82) is 0 Å². The first kappa shape index (κ1) is 16.2. The van der Waals surface area contributed by atoms with Crippen LogP contribution in [-0.2, 0) is 13.0 Å². The minimum atomic E-state index is 0.339. The highest BCUT2D eigenvalue weighted by atomic mass is 79.9. The lowest BCUT2D eigenvalue weighted by Gasteiger charge is -2.19. The molecule has 0 aliphatic carbocycles. The molecule has 114 valence electrons. The standard InChI is InChI=1S/C17H24BrN3/c1-4-8-19-17(10-14-11-20-21(5-2)12-14)15-6-7-16(18)13(3)9-15/h6-7,9,11-12,17,19H,4-5,8,10H2,1-3H3. The molecule has 0 spiro atoms. The summed E-state index contributed by atoms with van der Waals surface area (Å²) >= 11 is 3.58. The molecule has 21 heavy (non-hydrogen) atoms. The third kappa shape index (κ3) is 4.42. The van der Waals surface area contributed by atoms with Crippen molar-refractivity contribution in [2.24, 2.45) is 0 Å². The van der Waals surface area contributed by atoms with Crippen molar-refractivity contribution in [1.82, 2.24) is 15.1 Å². The average Bonchev–Trinajstić information content (AvgIpc) is 2.94. The Morgan fingerprint density at radius 1 is 1.33 bits per heavy atom. The number of hydrogen-bond donors (Lipinski definition) is 1. The van der Waals surface area contributed by atoms with Crippen LogP contribution in [0.25, 0.3) is 0 Å². The van der Waals surface area contributed by atoms with Gasteiger partial charge in [-0.05, 0) is 56.0 Å². The summed E-state index contributed by atoms with van der Waals surface area (Å²) in [6, 6.07) is 6.95. The highest BCUT2D eigenvalue weighted by molar-refractivity contribution is 9.10. The third-order valence-corrected chi connectivity index (χ3v) is 4.57. The summed E-state index contributed by atoms with van der Waals surface area (Å²) in [4.78, 5) is 0. The van der Waals surface area contributed by atoms with Gasteiger partial charge in [0.05, 0.1) is 6.20 Å². The number of hydrogen-bond acceptors (Lipinski definition) is 2. The quantitative estimate of drug-likeness (QED) is 0.809. The Morgan fingerprint density at radius 3 is 2.76 bits per heavy atom. The number of benzene rings is 1. The Hall–Kier alpha value is -1.13. The molecule has 3 nitrogen and oxygen atoms in total. The molecule has 1 N–H and O–H groups in total. The molecule has 0 aliphatic rings. The van der Waals surface area contributed by atoms with Gasteiger partial charge in [0.2, 0.25) is 0 Å². The SMILES string of the molecule is CCCNC(Cc1cnn(CC)c1)c1ccc(Br)c(C)c1. The van der Waals surface area contributed by atoms with Crippen molar-refractivity contribution < 1.29 is 0 Å². The van der Waals surface area contributed by atoms with Gasteiger partial charge in [-0.2, -0.15) is 5.10 Å². The van der Waals surface area contributed by atoms with Gasteiger partial charge in [-0.1, -0.05) is 35.0 Å². The van der Waals surface area contributed by atoms with Crippen molar-refractivity contribution in [2.45, 2.75) is 46.2 Å². The van der Waals surface area contributed by atoms with E-state index in [0.29, 0.717) is 6.04 Å². The van der Waals surface area contributed by atoms with Crippen LogP contribution < -0.4 is 5.32 Å². The zero-order chi connectivity index (χ0) is 15.2. The van der Waals surface area contributed by atoms with Crippen LogP contribution in [0.4, 0.5) is 0 Å². The second-order valence-corrected chi connectivity index (χ2v) is 6.28. The van der Waals surface area contributed by atoms with Crippen molar-refractivity contribution in [3.63, 3.8) is 0 Å². The molecule has 0 bridgehead atoms. The van der Waals surface area contributed by atoms with Gasteiger partial charge in [0.15, 0.2) is 0 Å². The van der Waals surface area contributed by atoms with Crippen LogP contribution in [0, 0.1) is 6.92 Å². The van der Waals surface area contributed by atoms with E-state index in [-0.39, 0.29) is 0 Å². The number of aromatic nitrogens is 2. The van der Waals surface area contributed by atoms with E-state index in [1.54, 1.807) is 0 Å². The van der Waals surface area contributed by atoms with Crippen LogP contribution >= 0.6 is 15.9 Å². The molecule has 1 heterocycles. The Bertz CT molecular complexity index is 577. The Labute approximate surface area is 135 Å². The maximum Gasteiger partial charge on any atom is 0.0522 e. The Kier molecular flexibility index (Phi) is 6.00. The Morgan fingerprint density at radius 2 is 2.14 bits per heavy atom. The Balaban J connectivity index is 2.18. The highest BCUT2D eigenvalue weighted by Crippen LogP contribution is 2.24. The molecule has 4 heteroatoms. The lowest BCUT2D eigenvalue weighted by molar-refractivity contribution is 0.528. The zero-order valence-electron chi connectivity index (χ0n) is 13.1. The van der Waals surface area contributed by atoms with E-state index < -0.39 is 0 Å². The second-order valence-electron chi connectivity index (χ2n) is 5.42. The first-order valence-corrected chi connectivity index (χ1v) is 8.44. The van der Waals surface area contributed by atoms with E-state index in [1.807, 2.05) is 10.9 Å². The fourth-order valence-corrected chi connectivity index (χ4v) is 2.68. The maximum atomic E-state index is 4.37. The van der Waals surface area contributed by atoms with E-state index in [0.717, 1.165) is 25.9 Å². The zero-order valence-corrected chi connectivity index (χ0v) is 14.7. The predicted molar refractivity (Wildman–Crippen MR) is 91.5 cm³/mol. The minimum Gasteiger partial charge on any atom is -0.310 e. The summed E-state index contributed by atoms with van der Waals surface area (Å²) in [7, 11) is 0. The molecule has 1 aromatic heterocycles. The van der Waals surface area contributed by atoms with Crippen LogP contribution in [0.1, 0.15) is 43.0 Å². The van der Waals surface area contributed by atoms with E-state index in [2.05, 4.69) is 71.5 Å². The van der Waals surface area contributed by atoms with Crippen LogP contribution in [0.2, 0.25) is 0 Å². The summed E-state index contributed by atoms with van der Waals surface area (Å²) in [5.41, 5.74) is 3.90. The smallest absolute Gasteiger partial charge is 0.0522 e. The molecule has 0 saturated heterocycles. The first-order valence-electron chi connectivity index (χ1n) is 7.64. The fourth-order valence-electron chi connectivity index (χ4n) is 2.43. The number of nitrogens with zero attached hydrogens (tertiary/aromatic N) is 2. The minimum absolute atomic E-state index is 0.339. The number of aryl methyl sites for hydroxylation is 2. The molecule has 0 fully saturated rings. The molecular formula is C17H24BrN3. The lowest BCUT2D eigenvalue weighted by Crippen LogP contribution is -2.24. The van der Waals surface area contributed by atoms with E-state index >= 15 is 0 Å². The van der Waals surface area contributed by atoms with Gasteiger partial charge in [-0.3, -0.25) is 4.68 Å². The highest BCUT2D eigenvalue weighted by Gasteiger charge is 2.13. The second kappa shape index (κ2) is 7.76. The monoisotopic (exact) mass is 349 g/mol. The summed E-state index contributed by atoms with van der Waals surface area (Å²) in [6.45, 7) is 8.40. The molecule has 2 rings (SSSR count). The summed E-state index contributed by atoms with van der Waals surface area (Å²) < 4.78 is 3.15.